The first kappa shape index (κ1) is 60.5. The average molecular weight is 1130 g/mol. The van der Waals surface area contributed by atoms with Gasteiger partial charge in [0.1, 0.15) is 18.1 Å². The van der Waals surface area contributed by atoms with Crippen molar-refractivity contribution in [1.29, 1.82) is 0 Å². The normalized spacial score (nSPS) is 16.8. The van der Waals surface area contributed by atoms with Gasteiger partial charge in [0.05, 0.1) is 19.1 Å². The van der Waals surface area contributed by atoms with Gasteiger partial charge in [-0.1, -0.05) is 67.9 Å². The molecule has 0 aromatic carbocycles. The molecule has 4 aromatic heterocycles. The summed E-state index contributed by atoms with van der Waals surface area (Å²) >= 11 is 9.79. The van der Waals surface area contributed by atoms with Crippen LogP contribution in [-0.2, 0) is 43.1 Å². The van der Waals surface area contributed by atoms with E-state index in [1.165, 1.54) is 20.8 Å². The molecule has 2 unspecified atom stereocenters. The monoisotopic (exact) mass is 1130 g/mol. The quantitative estimate of drug-likeness (QED) is 0.0412. The Balaban J connectivity index is 0.000000243. The van der Waals surface area contributed by atoms with Gasteiger partial charge in [0.25, 0.3) is 0 Å². The smallest absolute Gasteiger partial charge is 0.331 e. The van der Waals surface area contributed by atoms with Gasteiger partial charge in [0, 0.05) is 68.6 Å². The molecule has 0 aliphatic carbocycles. The second-order valence-corrected chi connectivity index (χ2v) is 20.5. The number of carbonyl (C=O) groups excluding carboxylic acids is 8. The number of nitrogens with two attached hydrogens (primary N) is 5. The van der Waals surface area contributed by atoms with Crippen molar-refractivity contribution < 1.29 is 43.1 Å². The summed E-state index contributed by atoms with van der Waals surface area (Å²) in [5, 5.41) is 8.58. The lowest BCUT2D eigenvalue weighted by Gasteiger charge is -2.24. The maximum absolute atomic E-state index is 11.9. The summed E-state index contributed by atoms with van der Waals surface area (Å²) in [5.74, 6) is -1.94. The second-order valence-electron chi connectivity index (χ2n) is 16.1. The molecular formula is C50H65BrN8O9S4. The van der Waals surface area contributed by atoms with Crippen LogP contribution in [0.15, 0.2) is 88.4 Å². The molecule has 22 heteroatoms. The van der Waals surface area contributed by atoms with E-state index in [0.29, 0.717) is 63.6 Å². The molecule has 1 fully saturated rings. The molecule has 1 saturated heterocycles. The predicted octanol–water partition coefficient (Wildman–Crippen LogP) is 6.45. The molecule has 72 heavy (non-hydrogen) atoms. The molecule has 3 aliphatic heterocycles. The Morgan fingerprint density at radius 1 is 0.694 bits per heavy atom. The Morgan fingerprint density at radius 3 is 1.68 bits per heavy atom. The highest BCUT2D eigenvalue weighted by molar-refractivity contribution is 9.09. The summed E-state index contributed by atoms with van der Waals surface area (Å²) in [6, 6.07) is 13.9. The van der Waals surface area contributed by atoms with Crippen LogP contribution < -0.4 is 28.7 Å². The third-order valence-electron chi connectivity index (χ3n) is 11.2. The molecule has 0 bridgehead atoms. The fourth-order valence-electron chi connectivity index (χ4n) is 7.43. The molecule has 7 heterocycles. The van der Waals surface area contributed by atoms with Gasteiger partial charge >= 0.3 is 5.97 Å². The number of hydrogen-bond donors (Lipinski definition) is 5. The zero-order valence-electron chi connectivity index (χ0n) is 41.0. The first-order chi connectivity index (χ1) is 34.3. The number of thiophene rings is 4. The zero-order chi connectivity index (χ0) is 53.5. The Kier molecular flexibility index (Phi) is 26.0. The number of likely N-dealkylation sites (tertiary alicyclic amines) is 1. The fourth-order valence-corrected chi connectivity index (χ4v) is 11.1. The number of ether oxygens (including phenoxy) is 1. The minimum Gasteiger partial charge on any atom is -0.463 e. The lowest BCUT2D eigenvalue weighted by molar-refractivity contribution is -0.137. The molecule has 3 aliphatic rings. The molecule has 0 spiro atoms. The third kappa shape index (κ3) is 18.1. The van der Waals surface area contributed by atoms with Crippen molar-refractivity contribution in [2.24, 2.45) is 28.7 Å². The summed E-state index contributed by atoms with van der Waals surface area (Å²) in [7, 11) is 0. The molecule has 0 radical (unpaired) electrons. The number of alkyl halides is 1. The van der Waals surface area contributed by atoms with Crippen molar-refractivity contribution in [3.05, 3.63) is 108 Å². The number of amides is 7. The van der Waals surface area contributed by atoms with Crippen LogP contribution >= 0.6 is 61.3 Å². The molecule has 4 aromatic rings. The van der Waals surface area contributed by atoms with E-state index in [1.807, 2.05) is 97.7 Å². The lowest BCUT2D eigenvalue weighted by atomic mass is 10.1. The Hall–Kier alpha value is -5.78. The highest BCUT2D eigenvalue weighted by atomic mass is 79.9. The molecule has 0 saturated carbocycles. The number of esters is 1. The molecule has 5 atom stereocenters. The summed E-state index contributed by atoms with van der Waals surface area (Å²) in [5.41, 5.74) is 28.7. The van der Waals surface area contributed by atoms with Crippen LogP contribution in [0.1, 0.15) is 98.6 Å². The van der Waals surface area contributed by atoms with Crippen molar-refractivity contribution in [1.82, 2.24) is 14.7 Å². The molecule has 10 N–H and O–H groups in total. The first-order valence-electron chi connectivity index (χ1n) is 23.2. The van der Waals surface area contributed by atoms with E-state index in [-0.39, 0.29) is 29.6 Å². The maximum Gasteiger partial charge on any atom is 0.331 e. The summed E-state index contributed by atoms with van der Waals surface area (Å²) in [4.78, 5) is 99.7. The van der Waals surface area contributed by atoms with E-state index in [0.717, 1.165) is 31.4 Å². The first-order valence-corrected chi connectivity index (χ1v) is 27.8. The largest absolute Gasteiger partial charge is 0.463 e. The Labute approximate surface area is 445 Å². The van der Waals surface area contributed by atoms with Gasteiger partial charge in [0.2, 0.25) is 41.4 Å². The maximum atomic E-state index is 11.9. The van der Waals surface area contributed by atoms with E-state index in [2.05, 4.69) is 15.9 Å². The minimum atomic E-state index is -0.528. The van der Waals surface area contributed by atoms with Gasteiger partial charge in [-0.3, -0.25) is 33.6 Å². The van der Waals surface area contributed by atoms with Crippen LogP contribution in [-0.4, -0.2) is 111 Å². The highest BCUT2D eigenvalue weighted by Crippen LogP contribution is 2.33. The van der Waals surface area contributed by atoms with Crippen molar-refractivity contribution in [2.45, 2.75) is 103 Å². The number of primary amides is 4. The fraction of sp³-hybridized carbons (Fsp3) is 0.400. The van der Waals surface area contributed by atoms with Crippen LogP contribution in [0.5, 0.6) is 0 Å². The molecule has 390 valence electrons. The molecule has 17 nitrogen and oxygen atoms in total. The number of hydrogen-bond acceptors (Lipinski definition) is 14. The lowest BCUT2D eigenvalue weighted by Crippen LogP contribution is -2.45. The van der Waals surface area contributed by atoms with Gasteiger partial charge in [-0.05, 0) is 95.1 Å². The van der Waals surface area contributed by atoms with Crippen molar-refractivity contribution in [3.8, 4) is 0 Å². The average Bonchev–Trinajstić information content (AvgIpc) is 4.20. The van der Waals surface area contributed by atoms with Crippen LogP contribution in [0.3, 0.4) is 0 Å². The van der Waals surface area contributed by atoms with Crippen molar-refractivity contribution in [3.63, 3.8) is 0 Å². The summed E-state index contributed by atoms with van der Waals surface area (Å²) < 4.78 is 4.84. The second kappa shape index (κ2) is 31.0. The van der Waals surface area contributed by atoms with E-state index >= 15 is 0 Å². The van der Waals surface area contributed by atoms with Crippen LogP contribution in [0.4, 0.5) is 0 Å². The number of carbonyl (C=O) groups is 8. The Morgan fingerprint density at radius 2 is 1.24 bits per heavy atom. The standard InChI is InChI=1S/C12H16N2O2S.2C12H14N2O2S.C10H11BrO2S.C4H10N2O/c3*1-2-9(12(13)16)14-7-8(6-11(14)15)10-4-3-5-17-10;1-2-13-10(12)6-8(7-11)9-4-3-5-14-9;1-2-3(5)4(6)7/h3-5,8-9H,2,6-7H2,1H3,(H2,13,16);3-5,7,9H,2,6H2,1H3,(H2,13,16);3-6,9H,2,7H2,1H3,(H2,13,16);3-6H,2,7H2,1H3;3H,2,5H2,1H3,(H2,6,7)/b;;;8-6+;/t8?,9-;2*9-;;/m000../s1. The van der Waals surface area contributed by atoms with Crippen molar-refractivity contribution in [2.75, 3.05) is 25.0 Å². The van der Waals surface area contributed by atoms with Crippen LogP contribution in [0.2, 0.25) is 0 Å². The summed E-state index contributed by atoms with van der Waals surface area (Å²) in [6.07, 6.45) is 8.01. The van der Waals surface area contributed by atoms with Gasteiger partial charge in [-0.15, -0.1) is 45.3 Å². The third-order valence-corrected chi connectivity index (χ3v) is 15.7. The van der Waals surface area contributed by atoms with E-state index in [9.17, 15) is 38.4 Å². The zero-order valence-corrected chi connectivity index (χ0v) is 45.9. The number of allylic oxidation sites excluding steroid dienone is 1. The summed E-state index contributed by atoms with van der Waals surface area (Å²) in [6.45, 7) is 10.7. The minimum absolute atomic E-state index is 0.0362. The van der Waals surface area contributed by atoms with Crippen LogP contribution in [0.25, 0.3) is 16.7 Å². The molecular weight excluding hydrogens is 1060 g/mol. The Bertz CT molecular complexity index is 2470. The van der Waals surface area contributed by atoms with Gasteiger partial charge in [-0.25, -0.2) is 4.79 Å². The highest BCUT2D eigenvalue weighted by Gasteiger charge is 2.37. The van der Waals surface area contributed by atoms with Gasteiger partial charge in [-0.2, -0.15) is 0 Å². The SMILES string of the molecule is CCC(N)C(N)=O.CCOC(=O)/C=C(\CBr)c1cccs1.CC[C@@H](C(N)=O)N1C=C(c2cccs2)CC1=O.CC[C@@H](C(N)=O)N1CC(c2cccs2)=CC1=O.CC[C@@H](C(N)=O)N1CC(c2cccs2)CC1=O. The molecule has 7 amide bonds. The van der Waals surface area contributed by atoms with E-state index < -0.39 is 47.8 Å². The number of rotatable bonds is 18. The van der Waals surface area contributed by atoms with E-state index in [1.54, 1.807) is 69.4 Å². The predicted molar refractivity (Wildman–Crippen MR) is 291 cm³/mol. The van der Waals surface area contributed by atoms with Gasteiger partial charge < -0.3 is 48.1 Å². The van der Waals surface area contributed by atoms with Crippen LogP contribution in [0, 0.1) is 0 Å². The van der Waals surface area contributed by atoms with Gasteiger partial charge in [0.15, 0.2) is 0 Å². The topological polar surface area (TPSA) is 286 Å². The molecule has 7 rings (SSSR count). The van der Waals surface area contributed by atoms with Crippen molar-refractivity contribution >= 4 is 125 Å². The number of halogens is 1. The number of nitrogens with zero attached hydrogens (tertiary/aromatic N) is 3. The van der Waals surface area contributed by atoms with E-state index in [4.69, 9.17) is 33.4 Å².